The van der Waals surface area contributed by atoms with E-state index in [9.17, 15) is 4.79 Å². The van der Waals surface area contributed by atoms with Crippen LogP contribution in [0.15, 0.2) is 66.9 Å². The van der Waals surface area contributed by atoms with Gasteiger partial charge in [-0.25, -0.2) is 0 Å². The molecule has 0 unspecified atom stereocenters. The Hall–Kier alpha value is -2.68. The third-order valence-corrected chi connectivity index (χ3v) is 4.39. The molecule has 1 aliphatic carbocycles. The number of nitrogens with one attached hydrogen (secondary N) is 1. The van der Waals surface area contributed by atoms with Crippen molar-refractivity contribution >= 4 is 22.5 Å². The van der Waals surface area contributed by atoms with E-state index >= 15 is 0 Å². The van der Waals surface area contributed by atoms with E-state index in [1.54, 1.807) is 6.20 Å². The molecule has 0 aliphatic heterocycles. The lowest BCUT2D eigenvalue weighted by Gasteiger charge is -2.16. The summed E-state index contributed by atoms with van der Waals surface area (Å²) < 4.78 is 0. The minimum atomic E-state index is -0.363. The van der Waals surface area contributed by atoms with Crippen LogP contribution in [0, 0.1) is 0 Å². The molecule has 0 bridgehead atoms. The second-order valence-corrected chi connectivity index (χ2v) is 5.78. The van der Waals surface area contributed by atoms with Crippen LogP contribution in [-0.4, -0.2) is 10.9 Å². The standard InChI is InChI=1S/C19H16N2O/c22-18(19(11-12-19)15-8-2-1-3-9-15)21-16-10-4-6-14-7-5-13-20-17(14)16/h1-10,13H,11-12H2,(H,21,22). The highest BCUT2D eigenvalue weighted by Gasteiger charge is 2.51. The van der Waals surface area contributed by atoms with Crippen molar-refractivity contribution in [2.45, 2.75) is 18.3 Å². The minimum Gasteiger partial charge on any atom is -0.323 e. The molecule has 1 fully saturated rings. The van der Waals surface area contributed by atoms with Crippen LogP contribution in [0.2, 0.25) is 0 Å². The number of hydrogen-bond donors (Lipinski definition) is 1. The molecule has 3 aromatic rings. The zero-order chi connectivity index (χ0) is 15.0. The molecule has 1 heterocycles. The minimum absolute atomic E-state index is 0.0665. The van der Waals surface area contributed by atoms with Crippen LogP contribution < -0.4 is 5.32 Å². The Kier molecular flexibility index (Phi) is 2.93. The number of carbonyl (C=O) groups excluding carboxylic acids is 1. The number of rotatable bonds is 3. The Morgan fingerprint density at radius 2 is 1.73 bits per heavy atom. The predicted molar refractivity (Wildman–Crippen MR) is 87.7 cm³/mol. The average Bonchev–Trinajstić information content (AvgIpc) is 3.38. The lowest BCUT2D eigenvalue weighted by Crippen LogP contribution is -2.27. The van der Waals surface area contributed by atoms with Crippen molar-refractivity contribution in [3.05, 3.63) is 72.4 Å². The maximum atomic E-state index is 12.8. The van der Waals surface area contributed by atoms with Crippen LogP contribution in [0.3, 0.4) is 0 Å². The van der Waals surface area contributed by atoms with Gasteiger partial charge in [0.05, 0.1) is 16.6 Å². The number of hydrogen-bond acceptors (Lipinski definition) is 2. The molecule has 0 radical (unpaired) electrons. The summed E-state index contributed by atoms with van der Waals surface area (Å²) in [7, 11) is 0. The number of benzene rings is 2. The van der Waals surface area contributed by atoms with Gasteiger partial charge < -0.3 is 5.32 Å². The molecule has 3 nitrogen and oxygen atoms in total. The molecular formula is C19H16N2O. The van der Waals surface area contributed by atoms with E-state index in [1.807, 2.05) is 60.7 Å². The van der Waals surface area contributed by atoms with E-state index in [-0.39, 0.29) is 11.3 Å². The lowest BCUT2D eigenvalue weighted by atomic mass is 9.95. The highest BCUT2D eigenvalue weighted by atomic mass is 16.2. The van der Waals surface area contributed by atoms with Gasteiger partial charge in [0.1, 0.15) is 0 Å². The first-order valence-electron chi connectivity index (χ1n) is 7.50. The largest absolute Gasteiger partial charge is 0.323 e. The molecule has 0 spiro atoms. The molecule has 1 aromatic heterocycles. The molecule has 108 valence electrons. The summed E-state index contributed by atoms with van der Waals surface area (Å²) in [6.07, 6.45) is 3.56. The van der Waals surface area contributed by atoms with Gasteiger partial charge in [-0.1, -0.05) is 48.5 Å². The first kappa shape index (κ1) is 13.0. The van der Waals surface area contributed by atoms with Crippen molar-refractivity contribution in [3.8, 4) is 0 Å². The third kappa shape index (κ3) is 2.06. The highest BCUT2D eigenvalue weighted by Crippen LogP contribution is 2.49. The summed E-state index contributed by atoms with van der Waals surface area (Å²) in [4.78, 5) is 17.2. The fourth-order valence-corrected chi connectivity index (χ4v) is 2.98. The average molecular weight is 288 g/mol. The second-order valence-electron chi connectivity index (χ2n) is 5.78. The number of anilines is 1. The molecule has 0 saturated heterocycles. The molecule has 22 heavy (non-hydrogen) atoms. The van der Waals surface area contributed by atoms with Crippen LogP contribution in [0.1, 0.15) is 18.4 Å². The number of fused-ring (bicyclic) bond motifs is 1. The first-order valence-corrected chi connectivity index (χ1v) is 7.50. The zero-order valence-electron chi connectivity index (χ0n) is 12.1. The van der Waals surface area contributed by atoms with Crippen molar-refractivity contribution in [2.75, 3.05) is 5.32 Å². The smallest absolute Gasteiger partial charge is 0.235 e. The lowest BCUT2D eigenvalue weighted by molar-refractivity contribution is -0.118. The van der Waals surface area contributed by atoms with Crippen molar-refractivity contribution in [3.63, 3.8) is 0 Å². The summed E-state index contributed by atoms with van der Waals surface area (Å²) in [5.74, 6) is 0.0665. The molecule has 0 atom stereocenters. The van der Waals surface area contributed by atoms with Crippen molar-refractivity contribution in [2.24, 2.45) is 0 Å². The highest BCUT2D eigenvalue weighted by molar-refractivity contribution is 6.06. The summed E-state index contributed by atoms with van der Waals surface area (Å²) >= 11 is 0. The van der Waals surface area contributed by atoms with Gasteiger partial charge >= 0.3 is 0 Å². The fraction of sp³-hybridized carbons (Fsp3) is 0.158. The van der Waals surface area contributed by atoms with Crippen LogP contribution in [0.4, 0.5) is 5.69 Å². The number of nitrogens with zero attached hydrogens (tertiary/aromatic N) is 1. The molecule has 4 rings (SSSR count). The SMILES string of the molecule is O=C(Nc1cccc2cccnc12)C1(c2ccccc2)CC1. The third-order valence-electron chi connectivity index (χ3n) is 4.39. The zero-order valence-corrected chi connectivity index (χ0v) is 12.1. The number of para-hydroxylation sites is 1. The van der Waals surface area contributed by atoms with E-state index in [0.29, 0.717) is 0 Å². The second kappa shape index (κ2) is 4.95. The van der Waals surface area contributed by atoms with Crippen molar-refractivity contribution < 1.29 is 4.79 Å². The van der Waals surface area contributed by atoms with Crippen LogP contribution in [0.25, 0.3) is 10.9 Å². The number of pyridine rings is 1. The number of amides is 1. The quantitative estimate of drug-likeness (QED) is 0.794. The Bertz CT molecular complexity index is 833. The molecule has 2 aromatic carbocycles. The van der Waals surface area contributed by atoms with Gasteiger partial charge in [-0.3, -0.25) is 9.78 Å². The van der Waals surface area contributed by atoms with Crippen LogP contribution >= 0.6 is 0 Å². The van der Waals surface area contributed by atoms with Gasteiger partial charge in [-0.15, -0.1) is 0 Å². The Balaban J connectivity index is 1.67. The van der Waals surface area contributed by atoms with E-state index in [2.05, 4.69) is 10.3 Å². The van der Waals surface area contributed by atoms with Crippen molar-refractivity contribution in [1.29, 1.82) is 0 Å². The molecule has 1 saturated carbocycles. The molecule has 1 N–H and O–H groups in total. The fourth-order valence-electron chi connectivity index (χ4n) is 2.98. The van der Waals surface area contributed by atoms with Crippen molar-refractivity contribution in [1.82, 2.24) is 4.98 Å². The summed E-state index contributed by atoms with van der Waals surface area (Å²) in [6, 6.07) is 19.8. The van der Waals surface area contributed by atoms with Crippen LogP contribution in [-0.2, 0) is 10.2 Å². The Morgan fingerprint density at radius 3 is 2.50 bits per heavy atom. The van der Waals surface area contributed by atoms with E-state index in [4.69, 9.17) is 0 Å². The number of carbonyl (C=O) groups is 1. The normalized spacial score (nSPS) is 15.5. The van der Waals surface area contributed by atoms with Gasteiger partial charge in [-0.2, -0.15) is 0 Å². The molecule has 1 aliphatic rings. The summed E-state index contributed by atoms with van der Waals surface area (Å²) in [5.41, 5.74) is 2.35. The number of aromatic nitrogens is 1. The summed E-state index contributed by atoms with van der Waals surface area (Å²) in [6.45, 7) is 0. The predicted octanol–water partition coefficient (Wildman–Crippen LogP) is 3.91. The molecule has 1 amide bonds. The maximum absolute atomic E-state index is 12.8. The monoisotopic (exact) mass is 288 g/mol. The van der Waals surface area contributed by atoms with Gasteiger partial charge in [-0.05, 0) is 30.5 Å². The van der Waals surface area contributed by atoms with Gasteiger partial charge in [0.2, 0.25) is 5.91 Å². The van der Waals surface area contributed by atoms with Gasteiger partial charge in [0.25, 0.3) is 0 Å². The summed E-state index contributed by atoms with van der Waals surface area (Å²) in [5, 5.41) is 4.12. The van der Waals surface area contributed by atoms with Crippen LogP contribution in [0.5, 0.6) is 0 Å². The Labute approximate surface area is 129 Å². The van der Waals surface area contributed by atoms with E-state index in [1.165, 1.54) is 0 Å². The van der Waals surface area contributed by atoms with E-state index in [0.717, 1.165) is 35.0 Å². The maximum Gasteiger partial charge on any atom is 0.235 e. The first-order chi connectivity index (χ1) is 10.8. The van der Waals surface area contributed by atoms with Gasteiger partial charge in [0.15, 0.2) is 0 Å². The molecule has 3 heteroatoms. The molecular weight excluding hydrogens is 272 g/mol. The van der Waals surface area contributed by atoms with E-state index < -0.39 is 0 Å². The topological polar surface area (TPSA) is 42.0 Å². The Morgan fingerprint density at radius 1 is 0.955 bits per heavy atom. The van der Waals surface area contributed by atoms with Gasteiger partial charge in [0, 0.05) is 11.6 Å².